The third-order valence-corrected chi connectivity index (χ3v) is 4.26. The molecule has 7 nitrogen and oxygen atoms in total. The van der Waals surface area contributed by atoms with Crippen LogP contribution in [0, 0.1) is 6.92 Å². The van der Waals surface area contributed by atoms with Crippen molar-refractivity contribution in [3.8, 4) is 5.75 Å². The van der Waals surface area contributed by atoms with E-state index in [2.05, 4.69) is 25.0 Å². The van der Waals surface area contributed by atoms with Crippen molar-refractivity contribution in [2.75, 3.05) is 50.0 Å². The van der Waals surface area contributed by atoms with E-state index in [0.29, 0.717) is 23.5 Å². The van der Waals surface area contributed by atoms with Gasteiger partial charge in [-0.3, -0.25) is 4.90 Å². The third kappa shape index (κ3) is 3.86. The molecule has 8 heteroatoms. The van der Waals surface area contributed by atoms with Gasteiger partial charge >= 0.3 is 0 Å². The van der Waals surface area contributed by atoms with Crippen molar-refractivity contribution in [3.63, 3.8) is 0 Å². The van der Waals surface area contributed by atoms with Crippen molar-refractivity contribution in [1.29, 1.82) is 0 Å². The highest BCUT2D eigenvalue weighted by Crippen LogP contribution is 2.27. The average Bonchev–Trinajstić information content (AvgIpc) is 2.97. The van der Waals surface area contributed by atoms with Gasteiger partial charge in [-0.25, -0.2) is 5.10 Å². The summed E-state index contributed by atoms with van der Waals surface area (Å²) < 4.78 is 5.85. The Bertz CT molecular complexity index is 633. The first-order valence-electron chi connectivity index (χ1n) is 7.66. The predicted molar refractivity (Wildman–Crippen MR) is 91.1 cm³/mol. The van der Waals surface area contributed by atoms with E-state index in [1.54, 1.807) is 0 Å². The summed E-state index contributed by atoms with van der Waals surface area (Å²) in [5.74, 6) is 1.81. The first-order chi connectivity index (χ1) is 11.1. The number of nitrogen functional groups attached to an aromatic ring is 1. The number of para-hydroxylation sites is 1. The molecule has 2 aromatic rings. The quantitative estimate of drug-likeness (QED) is 0.862. The van der Waals surface area contributed by atoms with Crippen molar-refractivity contribution < 1.29 is 4.74 Å². The molecule has 2 heterocycles. The number of benzene rings is 1. The number of hydrogen-bond acceptors (Lipinski definition) is 6. The van der Waals surface area contributed by atoms with Crippen LogP contribution in [0.2, 0.25) is 5.02 Å². The number of anilines is 2. The second-order valence-electron chi connectivity index (χ2n) is 5.58. The number of rotatable bonds is 5. The molecular formula is C15H21ClN6O. The van der Waals surface area contributed by atoms with Crippen LogP contribution < -0.4 is 15.4 Å². The molecule has 1 aliphatic heterocycles. The maximum atomic E-state index is 6.17. The summed E-state index contributed by atoms with van der Waals surface area (Å²) >= 11 is 6.17. The van der Waals surface area contributed by atoms with Gasteiger partial charge in [0.05, 0.1) is 5.02 Å². The summed E-state index contributed by atoms with van der Waals surface area (Å²) in [7, 11) is 0. The Morgan fingerprint density at radius 1 is 1.30 bits per heavy atom. The van der Waals surface area contributed by atoms with Crippen LogP contribution in [-0.4, -0.2) is 59.4 Å². The number of hydrogen-bond donors (Lipinski definition) is 2. The smallest absolute Gasteiger partial charge is 0.246 e. The molecule has 1 fully saturated rings. The van der Waals surface area contributed by atoms with Gasteiger partial charge in [-0.15, -0.1) is 5.10 Å². The number of aromatic nitrogens is 3. The zero-order valence-electron chi connectivity index (χ0n) is 13.1. The Hall–Kier alpha value is -1.99. The number of nitrogens with zero attached hydrogens (tertiary/aromatic N) is 4. The van der Waals surface area contributed by atoms with E-state index in [0.717, 1.165) is 44.0 Å². The van der Waals surface area contributed by atoms with E-state index in [9.17, 15) is 0 Å². The second-order valence-corrected chi connectivity index (χ2v) is 5.99. The van der Waals surface area contributed by atoms with Gasteiger partial charge in [-0.1, -0.05) is 23.7 Å². The molecule has 1 saturated heterocycles. The molecule has 1 aromatic carbocycles. The van der Waals surface area contributed by atoms with Crippen LogP contribution in [0.15, 0.2) is 18.2 Å². The van der Waals surface area contributed by atoms with E-state index in [4.69, 9.17) is 22.1 Å². The molecule has 124 valence electrons. The molecule has 0 aliphatic carbocycles. The lowest BCUT2D eigenvalue weighted by atomic mass is 10.2. The summed E-state index contributed by atoms with van der Waals surface area (Å²) in [6.07, 6.45) is 0. The van der Waals surface area contributed by atoms with Crippen LogP contribution in [-0.2, 0) is 0 Å². The van der Waals surface area contributed by atoms with Crippen LogP contribution in [0.1, 0.15) is 5.56 Å². The van der Waals surface area contributed by atoms with E-state index in [-0.39, 0.29) is 0 Å². The number of H-pyrrole nitrogens is 1. The Morgan fingerprint density at radius 2 is 2.09 bits per heavy atom. The fourth-order valence-corrected chi connectivity index (χ4v) is 2.93. The monoisotopic (exact) mass is 336 g/mol. The predicted octanol–water partition coefficient (Wildman–Crippen LogP) is 1.55. The lowest BCUT2D eigenvalue weighted by Gasteiger charge is -2.33. The van der Waals surface area contributed by atoms with Crippen molar-refractivity contribution in [3.05, 3.63) is 28.8 Å². The number of nitrogens with one attached hydrogen (secondary N) is 1. The number of ether oxygens (including phenoxy) is 1. The molecule has 1 aromatic heterocycles. The van der Waals surface area contributed by atoms with E-state index < -0.39 is 0 Å². The van der Waals surface area contributed by atoms with Gasteiger partial charge < -0.3 is 15.4 Å². The summed E-state index contributed by atoms with van der Waals surface area (Å²) in [6.45, 7) is 7.14. The number of halogens is 1. The largest absolute Gasteiger partial charge is 0.490 e. The van der Waals surface area contributed by atoms with Crippen LogP contribution >= 0.6 is 11.6 Å². The standard InChI is InChI=1S/C15H21ClN6O/c1-11-3-2-4-12(16)13(11)23-10-9-21-5-7-22(8-6-21)15-18-14(17)19-20-15/h2-4H,5-10H2,1H3,(H3,17,18,19,20). The molecule has 1 aliphatic rings. The maximum Gasteiger partial charge on any atom is 0.246 e. The highest BCUT2D eigenvalue weighted by molar-refractivity contribution is 6.32. The van der Waals surface area contributed by atoms with Gasteiger partial charge in [-0.2, -0.15) is 4.98 Å². The molecule has 3 N–H and O–H groups in total. The van der Waals surface area contributed by atoms with Crippen LogP contribution in [0.4, 0.5) is 11.9 Å². The van der Waals surface area contributed by atoms with E-state index in [1.807, 2.05) is 25.1 Å². The molecule has 23 heavy (non-hydrogen) atoms. The number of aromatic amines is 1. The number of aryl methyl sites for hydroxylation is 1. The SMILES string of the molecule is Cc1cccc(Cl)c1OCCN1CCN(c2n[nH]c(N)n2)CC1. The lowest BCUT2D eigenvalue weighted by molar-refractivity contribution is 0.199. The third-order valence-electron chi connectivity index (χ3n) is 3.96. The fraction of sp³-hybridized carbons (Fsp3) is 0.467. The minimum atomic E-state index is 0.353. The zero-order valence-corrected chi connectivity index (χ0v) is 13.9. The van der Waals surface area contributed by atoms with E-state index in [1.165, 1.54) is 0 Å². The van der Waals surface area contributed by atoms with Crippen molar-refractivity contribution >= 4 is 23.5 Å². The molecular weight excluding hydrogens is 316 g/mol. The maximum absolute atomic E-state index is 6.17. The van der Waals surface area contributed by atoms with Gasteiger partial charge in [-0.05, 0) is 18.6 Å². The molecule has 3 rings (SSSR count). The van der Waals surface area contributed by atoms with Crippen LogP contribution in [0.25, 0.3) is 0 Å². The molecule has 0 spiro atoms. The average molecular weight is 337 g/mol. The Labute approximate surface area is 140 Å². The summed E-state index contributed by atoms with van der Waals surface area (Å²) in [5, 5.41) is 7.43. The Kier molecular flexibility index (Phi) is 4.88. The van der Waals surface area contributed by atoms with Crippen molar-refractivity contribution in [2.24, 2.45) is 0 Å². The van der Waals surface area contributed by atoms with Gasteiger partial charge in [0, 0.05) is 32.7 Å². The second kappa shape index (κ2) is 7.06. The lowest BCUT2D eigenvalue weighted by Crippen LogP contribution is -2.47. The van der Waals surface area contributed by atoms with Crippen molar-refractivity contribution in [2.45, 2.75) is 6.92 Å². The molecule has 0 bridgehead atoms. The summed E-state index contributed by atoms with van der Waals surface area (Å²) in [4.78, 5) is 8.65. The normalized spacial score (nSPS) is 15.8. The highest BCUT2D eigenvalue weighted by atomic mass is 35.5. The summed E-state index contributed by atoms with van der Waals surface area (Å²) in [5.41, 5.74) is 6.62. The highest BCUT2D eigenvalue weighted by Gasteiger charge is 2.19. The molecule has 0 atom stereocenters. The minimum absolute atomic E-state index is 0.353. The van der Waals surface area contributed by atoms with E-state index >= 15 is 0 Å². The molecule has 0 radical (unpaired) electrons. The van der Waals surface area contributed by atoms with Crippen LogP contribution in [0.5, 0.6) is 5.75 Å². The van der Waals surface area contributed by atoms with Gasteiger partial charge in [0.1, 0.15) is 12.4 Å². The topological polar surface area (TPSA) is 83.3 Å². The fourth-order valence-electron chi connectivity index (χ4n) is 2.65. The minimum Gasteiger partial charge on any atom is -0.490 e. The first-order valence-corrected chi connectivity index (χ1v) is 8.04. The number of piperazine rings is 1. The van der Waals surface area contributed by atoms with Gasteiger partial charge in [0.15, 0.2) is 0 Å². The van der Waals surface area contributed by atoms with Gasteiger partial charge in [0.25, 0.3) is 0 Å². The molecule has 0 saturated carbocycles. The summed E-state index contributed by atoms with van der Waals surface area (Å²) in [6, 6.07) is 5.79. The molecule has 0 amide bonds. The number of nitrogens with two attached hydrogens (primary N) is 1. The Balaban J connectivity index is 1.44. The van der Waals surface area contributed by atoms with Crippen LogP contribution in [0.3, 0.4) is 0 Å². The zero-order chi connectivity index (χ0) is 16.2. The molecule has 0 unspecified atom stereocenters. The first kappa shape index (κ1) is 15.9. The Morgan fingerprint density at radius 3 is 2.74 bits per heavy atom. The van der Waals surface area contributed by atoms with Crippen molar-refractivity contribution in [1.82, 2.24) is 20.1 Å². The van der Waals surface area contributed by atoms with Gasteiger partial charge in [0.2, 0.25) is 11.9 Å².